The molecule has 3 rings (SSSR count). The highest BCUT2D eigenvalue weighted by Gasteiger charge is 2.23. The van der Waals surface area contributed by atoms with Gasteiger partial charge in [-0.05, 0) is 30.7 Å². The maximum Gasteiger partial charge on any atom is 0.262 e. The number of aliphatic hydroxyl groups is 1. The van der Waals surface area contributed by atoms with Gasteiger partial charge in [0.25, 0.3) is 5.91 Å². The molecule has 0 aliphatic carbocycles. The third kappa shape index (κ3) is 4.08. The molecule has 4 N–H and O–H groups in total. The lowest BCUT2D eigenvalue weighted by atomic mass is 10.2. The van der Waals surface area contributed by atoms with Crippen LogP contribution in [0, 0.1) is 0 Å². The number of para-hydroxylation sites is 2. The van der Waals surface area contributed by atoms with E-state index in [0.29, 0.717) is 34.4 Å². The second-order valence-corrected chi connectivity index (χ2v) is 6.26. The molecule has 0 bridgehead atoms. The second-order valence-electron chi connectivity index (χ2n) is 5.83. The van der Waals surface area contributed by atoms with E-state index in [1.165, 1.54) is 10.9 Å². The van der Waals surface area contributed by atoms with Gasteiger partial charge in [-0.3, -0.25) is 4.79 Å². The van der Waals surface area contributed by atoms with Crippen molar-refractivity contribution in [1.82, 2.24) is 14.8 Å². The van der Waals surface area contributed by atoms with Crippen LogP contribution in [0.3, 0.4) is 0 Å². The molecule has 9 heteroatoms. The van der Waals surface area contributed by atoms with E-state index in [0.717, 1.165) is 0 Å². The number of anilines is 2. The number of rotatable bonds is 7. The van der Waals surface area contributed by atoms with Crippen LogP contribution in [-0.4, -0.2) is 39.0 Å². The van der Waals surface area contributed by atoms with Crippen LogP contribution in [-0.2, 0) is 6.42 Å². The summed E-state index contributed by atoms with van der Waals surface area (Å²) in [6.07, 6.45) is 1.95. The number of hydrogen-bond acceptors (Lipinski definition) is 6. The van der Waals surface area contributed by atoms with Crippen LogP contribution < -0.4 is 15.8 Å². The Morgan fingerprint density at radius 3 is 2.79 bits per heavy atom. The van der Waals surface area contributed by atoms with Gasteiger partial charge in [-0.25, -0.2) is 9.67 Å². The first-order chi connectivity index (χ1) is 13.5. The van der Waals surface area contributed by atoms with Crippen LogP contribution in [0.2, 0.25) is 5.02 Å². The molecule has 0 spiro atoms. The number of aryl methyl sites for hydroxylation is 1. The van der Waals surface area contributed by atoms with Gasteiger partial charge >= 0.3 is 0 Å². The Bertz CT molecular complexity index is 972. The van der Waals surface area contributed by atoms with Crippen LogP contribution in [0.15, 0.2) is 42.6 Å². The van der Waals surface area contributed by atoms with Gasteiger partial charge in [0.1, 0.15) is 35.2 Å². The Hall–Kier alpha value is -3.10. The molecule has 0 unspecified atom stereocenters. The van der Waals surface area contributed by atoms with Crippen LogP contribution >= 0.6 is 11.6 Å². The number of aliphatic hydroxyl groups excluding tert-OH is 1. The summed E-state index contributed by atoms with van der Waals surface area (Å²) in [7, 11) is 0. The van der Waals surface area contributed by atoms with Crippen molar-refractivity contribution < 1.29 is 14.6 Å². The van der Waals surface area contributed by atoms with E-state index >= 15 is 0 Å². The van der Waals surface area contributed by atoms with Crippen molar-refractivity contribution in [2.45, 2.75) is 13.3 Å². The van der Waals surface area contributed by atoms with Gasteiger partial charge < -0.3 is 20.9 Å². The van der Waals surface area contributed by atoms with Gasteiger partial charge in [0.15, 0.2) is 0 Å². The Balaban J connectivity index is 1.97. The molecule has 0 aliphatic rings. The summed E-state index contributed by atoms with van der Waals surface area (Å²) >= 11 is 5.82. The summed E-state index contributed by atoms with van der Waals surface area (Å²) in [6.45, 7) is 1.90. The van der Waals surface area contributed by atoms with E-state index in [2.05, 4.69) is 15.4 Å². The summed E-state index contributed by atoms with van der Waals surface area (Å²) in [5.74, 6) is 0.627. The minimum absolute atomic E-state index is 0.120. The summed E-state index contributed by atoms with van der Waals surface area (Å²) in [5.41, 5.74) is 7.67. The Kier molecular flexibility index (Phi) is 6.13. The van der Waals surface area contributed by atoms with E-state index in [9.17, 15) is 4.79 Å². The zero-order valence-corrected chi connectivity index (χ0v) is 16.0. The average Bonchev–Trinajstić information content (AvgIpc) is 3.04. The first kappa shape index (κ1) is 19.7. The van der Waals surface area contributed by atoms with Crippen molar-refractivity contribution in [3.8, 4) is 11.4 Å². The van der Waals surface area contributed by atoms with Crippen LogP contribution in [0.4, 0.5) is 11.6 Å². The maximum atomic E-state index is 12.8. The number of halogens is 1. The van der Waals surface area contributed by atoms with E-state index in [-0.39, 0.29) is 24.6 Å². The molecule has 3 aromatic rings. The highest BCUT2D eigenvalue weighted by Crippen LogP contribution is 2.28. The normalized spacial score (nSPS) is 10.7. The first-order valence-electron chi connectivity index (χ1n) is 8.68. The minimum atomic E-state index is -0.413. The smallest absolute Gasteiger partial charge is 0.262 e. The predicted molar refractivity (Wildman–Crippen MR) is 107 cm³/mol. The number of nitrogens with one attached hydrogen (secondary N) is 1. The minimum Gasteiger partial charge on any atom is -0.489 e. The average molecular weight is 402 g/mol. The molecule has 1 aromatic carbocycles. The zero-order valence-electron chi connectivity index (χ0n) is 15.2. The van der Waals surface area contributed by atoms with Gasteiger partial charge in [-0.1, -0.05) is 30.7 Å². The highest BCUT2D eigenvalue weighted by atomic mass is 35.5. The molecule has 0 aliphatic heterocycles. The second kappa shape index (κ2) is 8.73. The van der Waals surface area contributed by atoms with Crippen molar-refractivity contribution in [3.63, 3.8) is 0 Å². The molecule has 0 saturated heterocycles. The highest BCUT2D eigenvalue weighted by molar-refractivity contribution is 6.30. The van der Waals surface area contributed by atoms with E-state index in [1.54, 1.807) is 30.3 Å². The molecular formula is C19H20ClN5O3. The molecule has 0 atom stereocenters. The van der Waals surface area contributed by atoms with E-state index in [1.807, 2.05) is 13.0 Å². The molecule has 0 fully saturated rings. The largest absolute Gasteiger partial charge is 0.489 e. The standard InChI is InChI=1S/C19H20ClN5O3/c1-2-13-17(19(27)23-16-8-7-12(20)11-22-16)18(21)25(24-13)14-5-3-4-6-15(14)28-10-9-26/h3-8,11,26H,2,9-10,21H2,1H3,(H,22,23,27). The Morgan fingerprint density at radius 1 is 1.32 bits per heavy atom. The topological polar surface area (TPSA) is 115 Å². The first-order valence-corrected chi connectivity index (χ1v) is 9.06. The predicted octanol–water partition coefficient (Wildman–Crippen LogP) is 2.69. The molecule has 28 heavy (non-hydrogen) atoms. The molecule has 2 aromatic heterocycles. The maximum absolute atomic E-state index is 12.8. The molecule has 146 valence electrons. The summed E-state index contributed by atoms with van der Waals surface area (Å²) in [4.78, 5) is 16.9. The number of hydrogen-bond donors (Lipinski definition) is 3. The number of carbonyl (C=O) groups is 1. The summed E-state index contributed by atoms with van der Waals surface area (Å²) in [6, 6.07) is 10.4. The zero-order chi connectivity index (χ0) is 20.1. The third-order valence-corrected chi connectivity index (χ3v) is 4.19. The number of amides is 1. The Labute approximate surface area is 166 Å². The molecule has 2 heterocycles. The van der Waals surface area contributed by atoms with E-state index in [4.69, 9.17) is 27.2 Å². The van der Waals surface area contributed by atoms with Gasteiger partial charge in [0, 0.05) is 6.20 Å². The summed E-state index contributed by atoms with van der Waals surface area (Å²) < 4.78 is 7.02. The number of nitrogens with zero attached hydrogens (tertiary/aromatic N) is 3. The van der Waals surface area contributed by atoms with Crippen LogP contribution in [0.25, 0.3) is 5.69 Å². The quantitative estimate of drug-likeness (QED) is 0.560. The number of ether oxygens (including phenoxy) is 1. The lowest BCUT2D eigenvalue weighted by Gasteiger charge is -2.11. The van der Waals surface area contributed by atoms with Gasteiger partial charge in [0.05, 0.1) is 17.3 Å². The van der Waals surface area contributed by atoms with Crippen molar-refractivity contribution in [2.75, 3.05) is 24.3 Å². The molecular weight excluding hydrogens is 382 g/mol. The number of aromatic nitrogens is 3. The fraction of sp³-hybridized carbons (Fsp3) is 0.211. The van der Waals surface area contributed by atoms with Gasteiger partial charge in [0.2, 0.25) is 0 Å². The lowest BCUT2D eigenvalue weighted by molar-refractivity contribution is 0.102. The Morgan fingerprint density at radius 2 is 2.11 bits per heavy atom. The van der Waals surface area contributed by atoms with Gasteiger partial charge in [-0.2, -0.15) is 5.10 Å². The number of carbonyl (C=O) groups excluding carboxylic acids is 1. The van der Waals surface area contributed by atoms with Crippen molar-refractivity contribution in [3.05, 3.63) is 58.9 Å². The fourth-order valence-corrected chi connectivity index (χ4v) is 2.81. The third-order valence-electron chi connectivity index (χ3n) is 3.97. The van der Waals surface area contributed by atoms with Crippen LogP contribution in [0.1, 0.15) is 23.0 Å². The fourth-order valence-electron chi connectivity index (χ4n) is 2.70. The molecule has 8 nitrogen and oxygen atoms in total. The van der Waals surface area contributed by atoms with Crippen molar-refractivity contribution in [1.29, 1.82) is 0 Å². The van der Waals surface area contributed by atoms with Crippen molar-refractivity contribution in [2.24, 2.45) is 0 Å². The molecule has 0 saturated carbocycles. The lowest BCUT2D eigenvalue weighted by Crippen LogP contribution is -2.16. The molecule has 0 radical (unpaired) electrons. The number of nitrogen functional groups attached to an aromatic ring is 1. The number of benzene rings is 1. The van der Waals surface area contributed by atoms with Crippen molar-refractivity contribution >= 4 is 29.1 Å². The van der Waals surface area contributed by atoms with Gasteiger partial charge in [-0.15, -0.1) is 0 Å². The van der Waals surface area contributed by atoms with E-state index < -0.39 is 5.91 Å². The molecule has 1 amide bonds. The van der Waals surface area contributed by atoms with Crippen LogP contribution in [0.5, 0.6) is 5.75 Å². The monoisotopic (exact) mass is 401 g/mol. The number of nitrogens with two attached hydrogens (primary N) is 1. The summed E-state index contributed by atoms with van der Waals surface area (Å²) in [5, 5.41) is 16.7. The number of pyridine rings is 1. The SMILES string of the molecule is CCc1nn(-c2ccccc2OCCO)c(N)c1C(=O)Nc1ccc(Cl)cn1.